The monoisotopic (exact) mass is 348 g/mol. The molecule has 0 radical (unpaired) electrons. The van der Waals surface area contributed by atoms with E-state index in [0.29, 0.717) is 6.42 Å². The van der Waals surface area contributed by atoms with E-state index in [0.717, 1.165) is 32.1 Å². The fourth-order valence-corrected chi connectivity index (χ4v) is 1.88. The molecule has 140 valence electrons. The van der Waals surface area contributed by atoms with Gasteiger partial charge in [-0.05, 0) is 32.1 Å². The van der Waals surface area contributed by atoms with E-state index < -0.39 is 12.2 Å². The van der Waals surface area contributed by atoms with Gasteiger partial charge in [-0.15, -0.1) is 0 Å². The zero-order valence-electron chi connectivity index (χ0n) is 15.4. The minimum Gasteiger partial charge on any atom is -0.469 e. The molecule has 0 aromatic carbocycles. The molecule has 0 heterocycles. The van der Waals surface area contributed by atoms with E-state index in [1.807, 2.05) is 36.5 Å². The van der Waals surface area contributed by atoms with Crippen molar-refractivity contribution in [1.29, 1.82) is 0 Å². The fourth-order valence-electron chi connectivity index (χ4n) is 1.88. The Balaban J connectivity index is 3.87. The molecule has 25 heavy (non-hydrogen) atoms. The fraction of sp³-hybridized carbons (Fsp3) is 0.476. The number of allylic oxidation sites excluding steroid dienone is 8. The molecular weight excluding hydrogens is 316 g/mol. The smallest absolute Gasteiger partial charge is 0.305 e. The number of esters is 1. The minimum atomic E-state index is -0.912. The van der Waals surface area contributed by atoms with Crippen LogP contribution in [0.2, 0.25) is 0 Å². The Hall–Kier alpha value is -1.91. The van der Waals surface area contributed by atoms with Gasteiger partial charge in [0.1, 0.15) is 12.2 Å². The number of carbonyl (C=O) groups excluding carboxylic acids is 1. The number of ether oxygens (including phenoxy) is 1. The summed E-state index contributed by atoms with van der Waals surface area (Å²) in [5.74, 6) is -0.175. The van der Waals surface area contributed by atoms with E-state index in [4.69, 9.17) is 0 Å². The number of aliphatic hydroxyl groups excluding tert-OH is 2. The van der Waals surface area contributed by atoms with Gasteiger partial charge in [0.15, 0.2) is 0 Å². The summed E-state index contributed by atoms with van der Waals surface area (Å²) in [6.07, 6.45) is 21.5. The third kappa shape index (κ3) is 15.4. The van der Waals surface area contributed by atoms with Gasteiger partial charge >= 0.3 is 5.97 Å². The third-order valence-electron chi connectivity index (χ3n) is 3.33. The van der Waals surface area contributed by atoms with Gasteiger partial charge in [0.2, 0.25) is 0 Å². The van der Waals surface area contributed by atoms with Crippen LogP contribution in [0.15, 0.2) is 60.8 Å². The van der Waals surface area contributed by atoms with Crippen molar-refractivity contribution in [3.05, 3.63) is 60.8 Å². The van der Waals surface area contributed by atoms with Gasteiger partial charge in [-0.2, -0.15) is 0 Å². The van der Waals surface area contributed by atoms with E-state index in [1.54, 1.807) is 18.2 Å². The Morgan fingerprint density at radius 1 is 0.920 bits per heavy atom. The highest BCUT2D eigenvalue weighted by Gasteiger charge is 2.07. The Morgan fingerprint density at radius 2 is 1.60 bits per heavy atom. The van der Waals surface area contributed by atoms with Gasteiger partial charge in [0.25, 0.3) is 0 Å². The van der Waals surface area contributed by atoms with Crippen molar-refractivity contribution >= 4 is 5.97 Å². The van der Waals surface area contributed by atoms with E-state index >= 15 is 0 Å². The average Bonchev–Trinajstić information content (AvgIpc) is 2.62. The Labute approximate surface area is 151 Å². The van der Waals surface area contributed by atoms with Crippen LogP contribution in [0, 0.1) is 0 Å². The lowest BCUT2D eigenvalue weighted by atomic mass is 10.1. The normalized spacial score (nSPS) is 15.2. The van der Waals surface area contributed by atoms with E-state index in [-0.39, 0.29) is 5.97 Å². The van der Waals surface area contributed by atoms with Crippen LogP contribution < -0.4 is 0 Å². The first-order valence-corrected chi connectivity index (χ1v) is 8.84. The molecule has 2 atom stereocenters. The molecule has 4 nitrogen and oxygen atoms in total. The number of rotatable bonds is 13. The highest BCUT2D eigenvalue weighted by molar-refractivity contribution is 5.69. The average molecular weight is 348 g/mol. The summed E-state index contributed by atoms with van der Waals surface area (Å²) in [7, 11) is 1.40. The predicted octanol–water partition coefficient (Wildman–Crippen LogP) is 4.02. The third-order valence-corrected chi connectivity index (χ3v) is 3.33. The number of carbonyl (C=O) groups is 1. The molecule has 0 aliphatic rings. The molecule has 0 aromatic heterocycles. The van der Waals surface area contributed by atoms with Crippen molar-refractivity contribution in [3.63, 3.8) is 0 Å². The van der Waals surface area contributed by atoms with Crippen LogP contribution in [0.25, 0.3) is 0 Å². The van der Waals surface area contributed by atoms with Crippen LogP contribution in [-0.2, 0) is 9.53 Å². The topological polar surface area (TPSA) is 66.8 Å². The highest BCUT2D eigenvalue weighted by atomic mass is 16.5. The maximum absolute atomic E-state index is 10.9. The molecule has 0 bridgehead atoms. The summed E-state index contributed by atoms with van der Waals surface area (Å²) in [6.45, 7) is 2.07. The molecule has 0 spiro atoms. The van der Waals surface area contributed by atoms with Gasteiger partial charge in [0.05, 0.1) is 7.11 Å². The SMILES string of the molecule is CC/C=C\C/C=C\[C@H](O)[C@H](O)/C=C/C=C\C/C=C\CCCC(=O)OC. The van der Waals surface area contributed by atoms with E-state index in [9.17, 15) is 15.0 Å². The van der Waals surface area contributed by atoms with E-state index in [1.165, 1.54) is 7.11 Å². The van der Waals surface area contributed by atoms with Crippen LogP contribution in [0.1, 0.15) is 45.4 Å². The lowest BCUT2D eigenvalue weighted by molar-refractivity contribution is -0.140. The lowest BCUT2D eigenvalue weighted by Crippen LogP contribution is -2.20. The molecule has 0 saturated heterocycles. The summed E-state index contributed by atoms with van der Waals surface area (Å²) >= 11 is 0. The van der Waals surface area contributed by atoms with Gasteiger partial charge < -0.3 is 14.9 Å². The second kappa shape index (κ2) is 16.9. The number of aliphatic hydroxyl groups is 2. The molecule has 0 unspecified atom stereocenters. The molecular formula is C21H32O4. The second-order valence-electron chi connectivity index (χ2n) is 5.51. The van der Waals surface area contributed by atoms with Gasteiger partial charge in [-0.25, -0.2) is 0 Å². The summed E-state index contributed by atoms with van der Waals surface area (Å²) in [5, 5.41) is 19.6. The first-order valence-electron chi connectivity index (χ1n) is 8.84. The van der Waals surface area contributed by atoms with Crippen molar-refractivity contribution < 1.29 is 19.7 Å². The molecule has 0 aromatic rings. The molecule has 0 saturated carbocycles. The van der Waals surface area contributed by atoms with Crippen molar-refractivity contribution in [2.24, 2.45) is 0 Å². The maximum Gasteiger partial charge on any atom is 0.305 e. The quantitative estimate of drug-likeness (QED) is 0.228. The molecule has 0 aliphatic heterocycles. The molecule has 4 heteroatoms. The zero-order valence-corrected chi connectivity index (χ0v) is 15.4. The number of hydrogen-bond donors (Lipinski definition) is 2. The lowest BCUT2D eigenvalue weighted by Gasteiger charge is -2.09. The van der Waals surface area contributed by atoms with Crippen LogP contribution >= 0.6 is 0 Å². The van der Waals surface area contributed by atoms with Crippen LogP contribution in [-0.4, -0.2) is 35.5 Å². The Morgan fingerprint density at radius 3 is 2.32 bits per heavy atom. The van der Waals surface area contributed by atoms with Crippen molar-refractivity contribution in [2.75, 3.05) is 7.11 Å². The molecule has 0 rings (SSSR count). The summed E-state index contributed by atoms with van der Waals surface area (Å²) < 4.78 is 4.57. The van der Waals surface area contributed by atoms with Gasteiger partial charge in [-0.1, -0.05) is 67.7 Å². The zero-order chi connectivity index (χ0) is 18.8. The molecule has 2 N–H and O–H groups in total. The van der Waals surface area contributed by atoms with Crippen molar-refractivity contribution in [2.45, 2.75) is 57.7 Å². The van der Waals surface area contributed by atoms with Gasteiger partial charge in [0, 0.05) is 6.42 Å². The predicted molar refractivity (Wildman–Crippen MR) is 103 cm³/mol. The molecule has 0 aliphatic carbocycles. The summed E-state index contributed by atoms with van der Waals surface area (Å²) in [4.78, 5) is 10.9. The number of unbranched alkanes of at least 4 members (excludes halogenated alkanes) is 1. The first kappa shape index (κ1) is 23.1. The van der Waals surface area contributed by atoms with Crippen molar-refractivity contribution in [3.8, 4) is 0 Å². The number of hydrogen-bond acceptors (Lipinski definition) is 4. The molecule has 0 fully saturated rings. The van der Waals surface area contributed by atoms with E-state index in [2.05, 4.69) is 17.7 Å². The minimum absolute atomic E-state index is 0.175. The summed E-state index contributed by atoms with van der Waals surface area (Å²) in [6, 6.07) is 0. The Bertz CT molecular complexity index is 472. The summed E-state index contributed by atoms with van der Waals surface area (Å²) in [5.41, 5.74) is 0. The standard InChI is InChI=1S/C21H32O4/c1-3-4-5-10-13-16-19(22)20(23)17-14-11-8-6-7-9-12-15-18-21(24)25-2/h4-5,7-9,11,13-14,16-17,19-20,22-23H,3,6,10,12,15,18H2,1-2H3/b5-4-,9-7-,11-8-,16-13-,17-14+/t19-,20+/m0/s1. The van der Waals surface area contributed by atoms with Crippen LogP contribution in [0.5, 0.6) is 0 Å². The Kier molecular flexibility index (Phi) is 15.6. The van der Waals surface area contributed by atoms with Gasteiger partial charge in [-0.3, -0.25) is 4.79 Å². The first-order chi connectivity index (χ1) is 12.1. The van der Waals surface area contributed by atoms with Crippen molar-refractivity contribution in [1.82, 2.24) is 0 Å². The largest absolute Gasteiger partial charge is 0.469 e. The highest BCUT2D eigenvalue weighted by Crippen LogP contribution is 2.01. The number of methoxy groups -OCH3 is 1. The maximum atomic E-state index is 10.9. The van der Waals surface area contributed by atoms with Crippen LogP contribution in [0.4, 0.5) is 0 Å². The second-order valence-corrected chi connectivity index (χ2v) is 5.51. The molecule has 0 amide bonds. The van der Waals surface area contributed by atoms with Crippen LogP contribution in [0.3, 0.4) is 0 Å².